The van der Waals surface area contributed by atoms with E-state index in [9.17, 15) is 9.90 Å². The van der Waals surface area contributed by atoms with Crippen LogP contribution in [0.25, 0.3) is 0 Å². The first-order valence-corrected chi connectivity index (χ1v) is 7.50. The van der Waals surface area contributed by atoms with Gasteiger partial charge in [0.15, 0.2) is 0 Å². The number of hydrogen-bond donors (Lipinski definition) is 3. The Morgan fingerprint density at radius 1 is 1.55 bits per heavy atom. The smallest absolute Gasteiger partial charge is 0.246 e. The molecule has 110 valence electrons. The van der Waals surface area contributed by atoms with Crippen LogP contribution < -0.4 is 15.5 Å². The molecule has 0 fully saturated rings. The maximum absolute atomic E-state index is 11.9. The highest BCUT2D eigenvalue weighted by molar-refractivity contribution is 9.10. The second kappa shape index (κ2) is 6.11. The fourth-order valence-electron chi connectivity index (χ4n) is 2.46. The topological polar surface area (TPSA) is 64.6 Å². The molecule has 1 heterocycles. The van der Waals surface area contributed by atoms with E-state index in [1.165, 1.54) is 0 Å². The van der Waals surface area contributed by atoms with Crippen LogP contribution in [0, 0.1) is 0 Å². The van der Waals surface area contributed by atoms with E-state index in [2.05, 4.69) is 26.6 Å². The second-order valence-electron chi connectivity index (χ2n) is 5.10. The third-order valence-corrected chi connectivity index (χ3v) is 3.94. The van der Waals surface area contributed by atoms with E-state index in [-0.39, 0.29) is 11.9 Å². The molecule has 0 radical (unpaired) electrons. The monoisotopic (exact) mass is 341 g/mol. The molecule has 1 aliphatic rings. The number of aliphatic hydroxyl groups is 1. The number of rotatable bonds is 5. The molecule has 0 aliphatic carbocycles. The van der Waals surface area contributed by atoms with Crippen molar-refractivity contribution in [2.24, 2.45) is 0 Å². The number of likely N-dealkylation sites (N-methyl/N-ethyl adjacent to an activating group) is 2. The lowest BCUT2D eigenvalue weighted by molar-refractivity contribution is -0.117. The first kappa shape index (κ1) is 15.3. The lowest BCUT2D eigenvalue weighted by Gasteiger charge is -2.23. The Balaban J connectivity index is 2.33. The molecular weight excluding hydrogens is 322 g/mol. The van der Waals surface area contributed by atoms with E-state index in [0.29, 0.717) is 6.54 Å². The normalized spacial score (nSPS) is 18.6. The molecule has 0 saturated heterocycles. The fourth-order valence-corrected chi connectivity index (χ4v) is 3.13. The summed E-state index contributed by atoms with van der Waals surface area (Å²) in [4.78, 5) is 13.9. The molecule has 2 rings (SSSR count). The SMILES string of the molecule is CCNC1C(=O)Nc2cc(N(C)CC(C)O)c(Br)cc21. The Morgan fingerprint density at radius 2 is 2.25 bits per heavy atom. The first-order valence-electron chi connectivity index (χ1n) is 6.71. The first-order chi connectivity index (χ1) is 9.43. The summed E-state index contributed by atoms with van der Waals surface area (Å²) >= 11 is 3.55. The molecule has 1 aliphatic heterocycles. The summed E-state index contributed by atoms with van der Waals surface area (Å²) in [6.07, 6.45) is -0.413. The number of carbonyl (C=O) groups excluding carboxylic acids is 1. The van der Waals surface area contributed by atoms with Gasteiger partial charge in [-0.3, -0.25) is 4.79 Å². The maximum atomic E-state index is 11.9. The number of amides is 1. The molecule has 0 aromatic heterocycles. The Morgan fingerprint density at radius 3 is 2.85 bits per heavy atom. The zero-order chi connectivity index (χ0) is 14.9. The van der Waals surface area contributed by atoms with Crippen LogP contribution in [0.2, 0.25) is 0 Å². The molecule has 1 amide bonds. The number of fused-ring (bicyclic) bond motifs is 1. The van der Waals surface area contributed by atoms with Gasteiger partial charge in [0.2, 0.25) is 5.91 Å². The maximum Gasteiger partial charge on any atom is 0.246 e. The number of halogens is 1. The Kier molecular flexibility index (Phi) is 4.67. The second-order valence-corrected chi connectivity index (χ2v) is 5.95. The molecule has 2 unspecified atom stereocenters. The van der Waals surface area contributed by atoms with Crippen molar-refractivity contribution in [3.05, 3.63) is 22.2 Å². The minimum Gasteiger partial charge on any atom is -0.392 e. The Labute approximate surface area is 127 Å². The van der Waals surface area contributed by atoms with Gasteiger partial charge in [0.25, 0.3) is 0 Å². The van der Waals surface area contributed by atoms with Crippen molar-refractivity contribution < 1.29 is 9.90 Å². The average Bonchev–Trinajstić information content (AvgIpc) is 2.64. The van der Waals surface area contributed by atoms with Gasteiger partial charge in [0, 0.05) is 29.3 Å². The molecule has 5 nitrogen and oxygen atoms in total. The molecule has 0 saturated carbocycles. The molecule has 6 heteroatoms. The zero-order valence-electron chi connectivity index (χ0n) is 11.9. The summed E-state index contributed by atoms with van der Waals surface area (Å²) in [7, 11) is 1.91. The molecule has 2 atom stereocenters. The fraction of sp³-hybridized carbons (Fsp3) is 0.500. The highest BCUT2D eigenvalue weighted by Crippen LogP contribution is 2.38. The van der Waals surface area contributed by atoms with E-state index in [1.54, 1.807) is 6.92 Å². The zero-order valence-corrected chi connectivity index (χ0v) is 13.5. The lowest BCUT2D eigenvalue weighted by Crippen LogP contribution is -2.27. The third kappa shape index (κ3) is 2.97. The van der Waals surface area contributed by atoms with Crippen LogP contribution in [0.1, 0.15) is 25.5 Å². The van der Waals surface area contributed by atoms with Gasteiger partial charge in [-0.1, -0.05) is 6.92 Å². The number of hydrogen-bond acceptors (Lipinski definition) is 4. The molecule has 20 heavy (non-hydrogen) atoms. The molecule has 1 aromatic rings. The number of aliphatic hydroxyl groups excluding tert-OH is 1. The van der Waals surface area contributed by atoms with Crippen LogP contribution in [0.5, 0.6) is 0 Å². The van der Waals surface area contributed by atoms with Gasteiger partial charge in [-0.15, -0.1) is 0 Å². The summed E-state index contributed by atoms with van der Waals surface area (Å²) in [5.74, 6) is -0.0240. The molecular formula is C14H20BrN3O2. The van der Waals surface area contributed by atoms with Gasteiger partial charge < -0.3 is 20.6 Å². The Bertz CT molecular complexity index is 519. The number of nitrogens with one attached hydrogen (secondary N) is 2. The summed E-state index contributed by atoms with van der Waals surface area (Å²) in [5, 5.41) is 15.6. The largest absolute Gasteiger partial charge is 0.392 e. The summed E-state index contributed by atoms with van der Waals surface area (Å²) in [6, 6.07) is 3.62. The van der Waals surface area contributed by atoms with Gasteiger partial charge in [0.05, 0.1) is 11.8 Å². The summed E-state index contributed by atoms with van der Waals surface area (Å²) in [5.41, 5.74) is 2.73. The average molecular weight is 342 g/mol. The number of benzene rings is 1. The molecule has 1 aromatic carbocycles. The van der Waals surface area contributed by atoms with Crippen LogP contribution in [0.15, 0.2) is 16.6 Å². The van der Waals surface area contributed by atoms with Gasteiger partial charge in [0.1, 0.15) is 6.04 Å². The van der Waals surface area contributed by atoms with Crippen molar-refractivity contribution >= 4 is 33.2 Å². The molecule has 0 spiro atoms. The van der Waals surface area contributed by atoms with Crippen molar-refractivity contribution in [1.29, 1.82) is 0 Å². The van der Waals surface area contributed by atoms with Gasteiger partial charge in [-0.2, -0.15) is 0 Å². The van der Waals surface area contributed by atoms with Crippen molar-refractivity contribution in [2.75, 3.05) is 30.4 Å². The van der Waals surface area contributed by atoms with Crippen LogP contribution in [0.4, 0.5) is 11.4 Å². The number of carbonyl (C=O) groups is 1. The van der Waals surface area contributed by atoms with Crippen LogP contribution in [-0.4, -0.2) is 37.3 Å². The van der Waals surface area contributed by atoms with Crippen molar-refractivity contribution in [2.45, 2.75) is 26.0 Å². The quantitative estimate of drug-likeness (QED) is 0.764. The summed E-state index contributed by atoms with van der Waals surface area (Å²) < 4.78 is 0.916. The van der Waals surface area contributed by atoms with E-state index in [0.717, 1.165) is 28.0 Å². The van der Waals surface area contributed by atoms with Crippen LogP contribution >= 0.6 is 15.9 Å². The van der Waals surface area contributed by atoms with Crippen LogP contribution in [-0.2, 0) is 4.79 Å². The number of nitrogens with zero attached hydrogens (tertiary/aromatic N) is 1. The molecule has 0 bridgehead atoms. The van der Waals surface area contributed by atoms with Crippen molar-refractivity contribution in [1.82, 2.24) is 5.32 Å². The van der Waals surface area contributed by atoms with Crippen molar-refractivity contribution in [3.8, 4) is 0 Å². The van der Waals surface area contributed by atoms with E-state index < -0.39 is 6.10 Å². The highest BCUT2D eigenvalue weighted by Gasteiger charge is 2.31. The minimum absolute atomic E-state index is 0.0240. The van der Waals surface area contributed by atoms with Crippen LogP contribution in [0.3, 0.4) is 0 Å². The Hall–Kier alpha value is -1.11. The van der Waals surface area contributed by atoms with Crippen molar-refractivity contribution in [3.63, 3.8) is 0 Å². The van der Waals surface area contributed by atoms with E-state index in [4.69, 9.17) is 0 Å². The third-order valence-electron chi connectivity index (χ3n) is 3.31. The lowest BCUT2D eigenvalue weighted by atomic mass is 10.1. The van der Waals surface area contributed by atoms with Gasteiger partial charge in [-0.25, -0.2) is 0 Å². The predicted octanol–water partition coefficient (Wildman–Crippen LogP) is 1.87. The van der Waals surface area contributed by atoms with E-state index >= 15 is 0 Å². The predicted molar refractivity (Wildman–Crippen MR) is 84.1 cm³/mol. The van der Waals surface area contributed by atoms with E-state index in [1.807, 2.05) is 31.0 Å². The summed E-state index contributed by atoms with van der Waals surface area (Å²) in [6.45, 7) is 4.99. The minimum atomic E-state index is -0.413. The van der Waals surface area contributed by atoms with Gasteiger partial charge >= 0.3 is 0 Å². The number of anilines is 2. The van der Waals surface area contributed by atoms with Gasteiger partial charge in [-0.05, 0) is 41.5 Å². The standard InChI is InChI=1S/C14H20BrN3O2/c1-4-16-13-9-5-10(15)12(18(3)7-8(2)19)6-11(9)17-14(13)20/h5-6,8,13,16,19H,4,7H2,1-3H3,(H,17,20). The molecule has 3 N–H and O–H groups in total. The highest BCUT2D eigenvalue weighted by atomic mass is 79.9.